The fraction of sp³-hybridized carbons (Fsp3) is 1.00. The average molecular weight is 268 g/mol. The van der Waals surface area contributed by atoms with Crippen LogP contribution in [0.3, 0.4) is 0 Å². The molecule has 3 atom stereocenters. The first-order valence-electron chi connectivity index (χ1n) is 8.02. The molecular weight excluding hydrogens is 236 g/mol. The van der Waals surface area contributed by atoms with Crippen molar-refractivity contribution in [1.29, 1.82) is 0 Å². The van der Waals surface area contributed by atoms with E-state index in [1.54, 1.807) is 0 Å². The van der Waals surface area contributed by atoms with Gasteiger partial charge in [-0.05, 0) is 58.0 Å². The maximum Gasteiger partial charge on any atom is 0.0484 e. The van der Waals surface area contributed by atoms with Crippen LogP contribution in [0.2, 0.25) is 0 Å². The lowest BCUT2D eigenvalue weighted by Gasteiger charge is -2.44. The van der Waals surface area contributed by atoms with Crippen molar-refractivity contribution in [2.75, 3.05) is 33.9 Å². The van der Waals surface area contributed by atoms with E-state index >= 15 is 0 Å². The first kappa shape index (κ1) is 15.3. The summed E-state index contributed by atoms with van der Waals surface area (Å²) in [5.74, 6) is 1.78. The molecule has 0 aromatic rings. The first-order chi connectivity index (χ1) is 9.03. The molecule has 0 aromatic carbocycles. The Hall–Kier alpha value is -0.120. The van der Waals surface area contributed by atoms with E-state index in [4.69, 9.17) is 4.74 Å². The quantitative estimate of drug-likeness (QED) is 0.848. The fourth-order valence-electron chi connectivity index (χ4n) is 3.60. The average Bonchev–Trinajstić information content (AvgIpc) is 2.41. The highest BCUT2D eigenvalue weighted by molar-refractivity contribution is 4.93. The van der Waals surface area contributed by atoms with Gasteiger partial charge >= 0.3 is 0 Å². The van der Waals surface area contributed by atoms with E-state index < -0.39 is 0 Å². The number of hydrogen-bond donors (Lipinski definition) is 1. The molecule has 1 aliphatic heterocycles. The molecular formula is C16H32N2O. The predicted molar refractivity (Wildman–Crippen MR) is 80.4 cm³/mol. The van der Waals surface area contributed by atoms with Crippen molar-refractivity contribution >= 4 is 0 Å². The van der Waals surface area contributed by atoms with E-state index in [0.29, 0.717) is 5.54 Å². The zero-order valence-corrected chi connectivity index (χ0v) is 13.2. The summed E-state index contributed by atoms with van der Waals surface area (Å²) in [5.41, 5.74) is 0.310. The Labute approximate surface area is 119 Å². The van der Waals surface area contributed by atoms with Crippen LogP contribution in [-0.4, -0.2) is 50.3 Å². The Morgan fingerprint density at radius 2 is 1.79 bits per heavy atom. The van der Waals surface area contributed by atoms with Crippen LogP contribution in [0.4, 0.5) is 0 Å². The third-order valence-electron chi connectivity index (χ3n) is 5.69. The third-order valence-corrected chi connectivity index (χ3v) is 5.69. The molecule has 1 aliphatic carbocycles. The van der Waals surface area contributed by atoms with Crippen LogP contribution in [-0.2, 0) is 4.74 Å². The van der Waals surface area contributed by atoms with Crippen LogP contribution < -0.4 is 5.32 Å². The number of rotatable bonds is 4. The molecule has 1 saturated heterocycles. The highest BCUT2D eigenvalue weighted by atomic mass is 16.5. The topological polar surface area (TPSA) is 24.5 Å². The maximum absolute atomic E-state index is 5.54. The third kappa shape index (κ3) is 3.71. The first-order valence-corrected chi connectivity index (χ1v) is 8.02. The van der Waals surface area contributed by atoms with Crippen molar-refractivity contribution < 1.29 is 4.74 Å². The maximum atomic E-state index is 5.54. The molecule has 0 aromatic heterocycles. The Balaban J connectivity index is 1.85. The van der Waals surface area contributed by atoms with Gasteiger partial charge in [0.2, 0.25) is 0 Å². The molecule has 0 radical (unpaired) electrons. The summed E-state index contributed by atoms with van der Waals surface area (Å²) in [7, 11) is 4.44. The van der Waals surface area contributed by atoms with Gasteiger partial charge < -0.3 is 15.0 Å². The van der Waals surface area contributed by atoms with Crippen molar-refractivity contribution in [1.82, 2.24) is 10.2 Å². The molecule has 3 heteroatoms. The highest BCUT2D eigenvalue weighted by Gasteiger charge is 2.35. The molecule has 1 saturated carbocycles. The number of nitrogens with zero attached hydrogens (tertiary/aromatic N) is 1. The molecule has 1 heterocycles. The molecule has 112 valence electrons. The van der Waals surface area contributed by atoms with Crippen molar-refractivity contribution in [2.24, 2.45) is 11.8 Å². The van der Waals surface area contributed by atoms with Crippen LogP contribution in [0, 0.1) is 11.8 Å². The van der Waals surface area contributed by atoms with Crippen molar-refractivity contribution in [3.63, 3.8) is 0 Å². The molecule has 0 spiro atoms. The lowest BCUT2D eigenvalue weighted by molar-refractivity contribution is -0.00940. The monoisotopic (exact) mass is 268 g/mol. The summed E-state index contributed by atoms with van der Waals surface area (Å²) in [4.78, 5) is 2.41. The molecule has 19 heavy (non-hydrogen) atoms. The second-order valence-corrected chi connectivity index (χ2v) is 7.08. The summed E-state index contributed by atoms with van der Waals surface area (Å²) in [6.45, 7) is 7.76. The Morgan fingerprint density at radius 1 is 1.11 bits per heavy atom. The molecule has 2 rings (SSSR count). The summed E-state index contributed by atoms with van der Waals surface area (Å²) >= 11 is 0. The lowest BCUT2D eigenvalue weighted by Crippen LogP contribution is -2.56. The predicted octanol–water partition coefficient (Wildman–Crippen LogP) is 2.51. The SMILES string of the molecule is C[C@@H]1CC[C@@H](NCC2(N(C)C)CCOCC2)C[C@@H]1C. The zero-order valence-electron chi connectivity index (χ0n) is 13.2. The molecule has 0 bridgehead atoms. The van der Waals surface area contributed by atoms with Gasteiger partial charge in [0.25, 0.3) is 0 Å². The zero-order chi connectivity index (χ0) is 13.9. The Kier molecular flexibility index (Phi) is 5.27. The van der Waals surface area contributed by atoms with Gasteiger partial charge in [-0.2, -0.15) is 0 Å². The fourth-order valence-corrected chi connectivity index (χ4v) is 3.60. The van der Waals surface area contributed by atoms with Crippen LogP contribution >= 0.6 is 0 Å². The van der Waals surface area contributed by atoms with Crippen molar-refractivity contribution in [3.05, 3.63) is 0 Å². The largest absolute Gasteiger partial charge is 0.381 e. The minimum absolute atomic E-state index is 0.310. The molecule has 0 unspecified atom stereocenters. The van der Waals surface area contributed by atoms with E-state index in [9.17, 15) is 0 Å². The van der Waals surface area contributed by atoms with E-state index in [1.807, 2.05) is 0 Å². The van der Waals surface area contributed by atoms with E-state index in [0.717, 1.165) is 50.5 Å². The van der Waals surface area contributed by atoms with Crippen LogP contribution in [0.25, 0.3) is 0 Å². The summed E-state index contributed by atoms with van der Waals surface area (Å²) in [6.07, 6.45) is 6.40. The molecule has 2 aliphatic rings. The van der Waals surface area contributed by atoms with E-state index in [1.165, 1.54) is 19.3 Å². The summed E-state index contributed by atoms with van der Waals surface area (Å²) in [5, 5.41) is 3.87. The van der Waals surface area contributed by atoms with E-state index in [2.05, 4.69) is 38.2 Å². The van der Waals surface area contributed by atoms with Gasteiger partial charge in [-0.25, -0.2) is 0 Å². The Morgan fingerprint density at radius 3 is 2.37 bits per heavy atom. The van der Waals surface area contributed by atoms with Gasteiger partial charge in [-0.3, -0.25) is 0 Å². The van der Waals surface area contributed by atoms with Gasteiger partial charge in [-0.15, -0.1) is 0 Å². The Bertz CT molecular complexity index is 274. The van der Waals surface area contributed by atoms with Crippen LogP contribution in [0.15, 0.2) is 0 Å². The molecule has 1 N–H and O–H groups in total. The highest BCUT2D eigenvalue weighted by Crippen LogP contribution is 2.30. The second kappa shape index (κ2) is 6.55. The smallest absolute Gasteiger partial charge is 0.0484 e. The number of hydrogen-bond acceptors (Lipinski definition) is 3. The minimum Gasteiger partial charge on any atom is -0.381 e. The van der Waals surface area contributed by atoms with Gasteiger partial charge in [0.1, 0.15) is 0 Å². The number of ether oxygens (including phenoxy) is 1. The van der Waals surface area contributed by atoms with Crippen molar-refractivity contribution in [2.45, 2.75) is 57.5 Å². The molecule has 3 nitrogen and oxygen atoms in total. The van der Waals surface area contributed by atoms with Gasteiger partial charge in [0, 0.05) is 31.3 Å². The summed E-state index contributed by atoms with van der Waals surface area (Å²) in [6, 6.07) is 0.728. The lowest BCUT2D eigenvalue weighted by atomic mass is 9.78. The van der Waals surface area contributed by atoms with Crippen molar-refractivity contribution in [3.8, 4) is 0 Å². The number of likely N-dealkylation sites (N-methyl/N-ethyl adjacent to an activating group) is 1. The van der Waals surface area contributed by atoms with Crippen LogP contribution in [0.1, 0.15) is 46.0 Å². The van der Waals surface area contributed by atoms with Crippen LogP contribution in [0.5, 0.6) is 0 Å². The molecule has 0 amide bonds. The van der Waals surface area contributed by atoms with Gasteiger partial charge in [-0.1, -0.05) is 13.8 Å². The second-order valence-electron chi connectivity index (χ2n) is 7.08. The van der Waals surface area contributed by atoms with Gasteiger partial charge in [0.15, 0.2) is 0 Å². The van der Waals surface area contributed by atoms with E-state index in [-0.39, 0.29) is 0 Å². The standard InChI is InChI=1S/C16H32N2O/c1-13-5-6-15(11-14(13)2)17-12-16(18(3)4)7-9-19-10-8-16/h13-15,17H,5-12H2,1-4H3/t13-,14+,15-/m1/s1. The van der Waals surface area contributed by atoms with Gasteiger partial charge in [0.05, 0.1) is 0 Å². The minimum atomic E-state index is 0.310. The summed E-state index contributed by atoms with van der Waals surface area (Å²) < 4.78 is 5.54. The normalized spacial score (nSPS) is 35.5. The molecule has 2 fully saturated rings. The number of nitrogens with one attached hydrogen (secondary N) is 1.